The smallest absolute Gasteiger partial charge is 0.157 e. The molecule has 64 valence electrons. The molecule has 0 spiro atoms. The van der Waals surface area contributed by atoms with E-state index in [4.69, 9.17) is 5.41 Å². The standard InChI is InChI=1S/C8H9FN2S/c1-12-8(10)11-7-4-2-6(9)3-5-7/h2-5H,1H3,(H2,10,11). The number of rotatable bonds is 1. The fraction of sp³-hybridized carbons (Fsp3) is 0.125. The first kappa shape index (κ1) is 9.06. The van der Waals surface area contributed by atoms with Crippen LogP contribution < -0.4 is 5.32 Å². The van der Waals surface area contributed by atoms with E-state index < -0.39 is 0 Å². The van der Waals surface area contributed by atoms with E-state index in [2.05, 4.69) is 5.32 Å². The van der Waals surface area contributed by atoms with Gasteiger partial charge in [-0.05, 0) is 30.5 Å². The molecule has 0 aliphatic carbocycles. The Kier molecular flexibility index (Phi) is 3.10. The zero-order valence-corrected chi connectivity index (χ0v) is 7.41. The monoisotopic (exact) mass is 184 g/mol. The first-order chi connectivity index (χ1) is 5.72. The Morgan fingerprint density at radius 1 is 1.42 bits per heavy atom. The molecule has 0 atom stereocenters. The van der Waals surface area contributed by atoms with E-state index in [0.717, 1.165) is 5.69 Å². The summed E-state index contributed by atoms with van der Waals surface area (Å²) in [5.41, 5.74) is 0.732. The topological polar surface area (TPSA) is 35.9 Å². The number of thioether (sulfide) groups is 1. The van der Waals surface area contributed by atoms with Gasteiger partial charge in [-0.3, -0.25) is 5.41 Å². The molecule has 0 saturated heterocycles. The van der Waals surface area contributed by atoms with E-state index in [1.807, 2.05) is 0 Å². The summed E-state index contributed by atoms with van der Waals surface area (Å²) >= 11 is 1.30. The van der Waals surface area contributed by atoms with E-state index >= 15 is 0 Å². The fourth-order valence-corrected chi connectivity index (χ4v) is 0.935. The van der Waals surface area contributed by atoms with Gasteiger partial charge in [0.15, 0.2) is 5.17 Å². The molecule has 12 heavy (non-hydrogen) atoms. The van der Waals surface area contributed by atoms with Crippen molar-refractivity contribution in [3.8, 4) is 0 Å². The highest BCUT2D eigenvalue weighted by molar-refractivity contribution is 8.13. The van der Waals surface area contributed by atoms with Gasteiger partial charge in [-0.1, -0.05) is 11.8 Å². The van der Waals surface area contributed by atoms with Crippen LogP contribution in [0.3, 0.4) is 0 Å². The van der Waals surface area contributed by atoms with Gasteiger partial charge in [0.05, 0.1) is 0 Å². The molecular formula is C8H9FN2S. The lowest BCUT2D eigenvalue weighted by atomic mass is 10.3. The van der Waals surface area contributed by atoms with Gasteiger partial charge < -0.3 is 5.32 Å². The summed E-state index contributed by atoms with van der Waals surface area (Å²) in [5, 5.41) is 10.4. The second-order valence-corrected chi connectivity index (χ2v) is 2.98. The van der Waals surface area contributed by atoms with Gasteiger partial charge in [-0.2, -0.15) is 0 Å². The molecule has 0 radical (unpaired) electrons. The third kappa shape index (κ3) is 2.54. The molecular weight excluding hydrogens is 175 g/mol. The number of nitrogens with one attached hydrogen (secondary N) is 2. The minimum atomic E-state index is -0.267. The first-order valence-electron chi connectivity index (χ1n) is 3.37. The highest BCUT2D eigenvalue weighted by Gasteiger charge is 1.95. The lowest BCUT2D eigenvalue weighted by molar-refractivity contribution is 0.628. The van der Waals surface area contributed by atoms with Gasteiger partial charge in [-0.15, -0.1) is 0 Å². The zero-order chi connectivity index (χ0) is 8.97. The highest BCUT2D eigenvalue weighted by Crippen LogP contribution is 2.09. The number of hydrogen-bond donors (Lipinski definition) is 2. The molecule has 1 aromatic carbocycles. The van der Waals surface area contributed by atoms with E-state index in [1.54, 1.807) is 18.4 Å². The number of anilines is 1. The van der Waals surface area contributed by atoms with Crippen molar-refractivity contribution < 1.29 is 4.39 Å². The van der Waals surface area contributed by atoms with Crippen LogP contribution in [0.25, 0.3) is 0 Å². The Morgan fingerprint density at radius 3 is 2.50 bits per heavy atom. The molecule has 0 aliphatic rings. The van der Waals surface area contributed by atoms with Crippen LogP contribution in [0.1, 0.15) is 0 Å². The molecule has 0 aromatic heterocycles. The summed E-state index contributed by atoms with van der Waals surface area (Å²) in [6, 6.07) is 5.91. The van der Waals surface area contributed by atoms with Crippen molar-refractivity contribution in [1.29, 1.82) is 5.41 Å². The summed E-state index contributed by atoms with van der Waals surface area (Å²) in [5.74, 6) is -0.267. The third-order valence-corrected chi connectivity index (χ3v) is 1.82. The maximum Gasteiger partial charge on any atom is 0.157 e. The van der Waals surface area contributed by atoms with Crippen molar-refractivity contribution in [2.75, 3.05) is 11.6 Å². The van der Waals surface area contributed by atoms with Crippen LogP contribution in [0.15, 0.2) is 24.3 Å². The highest BCUT2D eigenvalue weighted by atomic mass is 32.2. The number of benzene rings is 1. The largest absolute Gasteiger partial charge is 0.335 e. The van der Waals surface area contributed by atoms with Gasteiger partial charge >= 0.3 is 0 Å². The minimum absolute atomic E-state index is 0.267. The van der Waals surface area contributed by atoms with Crippen LogP contribution >= 0.6 is 11.8 Å². The second kappa shape index (κ2) is 4.11. The predicted octanol–water partition coefficient (Wildman–Crippen LogP) is 2.54. The third-order valence-electron chi connectivity index (χ3n) is 1.31. The maximum atomic E-state index is 12.4. The molecule has 2 nitrogen and oxygen atoms in total. The van der Waals surface area contributed by atoms with E-state index in [9.17, 15) is 4.39 Å². The summed E-state index contributed by atoms with van der Waals surface area (Å²) in [6.45, 7) is 0. The van der Waals surface area contributed by atoms with E-state index in [0.29, 0.717) is 5.17 Å². The molecule has 0 fully saturated rings. The van der Waals surface area contributed by atoms with Crippen LogP contribution in [-0.4, -0.2) is 11.4 Å². The summed E-state index contributed by atoms with van der Waals surface area (Å²) in [6.07, 6.45) is 1.80. The molecule has 0 heterocycles. The van der Waals surface area contributed by atoms with Gasteiger partial charge in [-0.25, -0.2) is 4.39 Å². The van der Waals surface area contributed by atoms with Crippen LogP contribution in [0.4, 0.5) is 10.1 Å². The van der Waals surface area contributed by atoms with Gasteiger partial charge in [0, 0.05) is 5.69 Å². The van der Waals surface area contributed by atoms with Crippen LogP contribution in [-0.2, 0) is 0 Å². The van der Waals surface area contributed by atoms with Gasteiger partial charge in [0.1, 0.15) is 5.82 Å². The summed E-state index contributed by atoms with van der Waals surface area (Å²) in [7, 11) is 0. The average Bonchev–Trinajstić information content (AvgIpc) is 2.09. The molecule has 2 N–H and O–H groups in total. The van der Waals surface area contributed by atoms with Crippen LogP contribution in [0.2, 0.25) is 0 Å². The molecule has 1 rings (SSSR count). The van der Waals surface area contributed by atoms with E-state index in [1.165, 1.54) is 23.9 Å². The molecule has 1 aromatic rings. The lowest BCUT2D eigenvalue weighted by Crippen LogP contribution is -2.04. The summed E-state index contributed by atoms with van der Waals surface area (Å²) in [4.78, 5) is 0. The second-order valence-electron chi connectivity index (χ2n) is 2.17. The van der Waals surface area contributed by atoms with Crippen molar-refractivity contribution in [2.24, 2.45) is 0 Å². The molecule has 0 bridgehead atoms. The lowest BCUT2D eigenvalue weighted by Gasteiger charge is -2.03. The Balaban J connectivity index is 2.64. The van der Waals surface area contributed by atoms with Gasteiger partial charge in [0.2, 0.25) is 0 Å². The zero-order valence-electron chi connectivity index (χ0n) is 6.60. The Morgan fingerprint density at radius 2 is 2.00 bits per heavy atom. The van der Waals surface area contributed by atoms with Crippen molar-refractivity contribution in [2.45, 2.75) is 0 Å². The van der Waals surface area contributed by atoms with Crippen LogP contribution in [0, 0.1) is 11.2 Å². The predicted molar refractivity (Wildman–Crippen MR) is 51.3 cm³/mol. The first-order valence-corrected chi connectivity index (χ1v) is 4.60. The van der Waals surface area contributed by atoms with Crippen molar-refractivity contribution in [3.05, 3.63) is 30.1 Å². The molecule has 0 saturated carbocycles. The SMILES string of the molecule is CSC(=N)Nc1ccc(F)cc1. The molecule has 0 unspecified atom stereocenters. The summed E-state index contributed by atoms with van der Waals surface area (Å²) < 4.78 is 12.4. The fourth-order valence-electron chi connectivity index (χ4n) is 0.715. The Labute approximate surface area is 74.7 Å². The van der Waals surface area contributed by atoms with E-state index in [-0.39, 0.29) is 5.82 Å². The molecule has 4 heteroatoms. The average molecular weight is 184 g/mol. The molecule has 0 aliphatic heterocycles. The minimum Gasteiger partial charge on any atom is -0.335 e. The quantitative estimate of drug-likeness (QED) is 0.519. The number of halogens is 1. The Hall–Kier alpha value is -1.03. The normalized spacial score (nSPS) is 9.50. The van der Waals surface area contributed by atoms with Crippen molar-refractivity contribution in [3.63, 3.8) is 0 Å². The molecule has 0 amide bonds. The number of hydrogen-bond acceptors (Lipinski definition) is 2. The van der Waals surface area contributed by atoms with Crippen LogP contribution in [0.5, 0.6) is 0 Å². The Bertz CT molecular complexity index is 271. The van der Waals surface area contributed by atoms with Gasteiger partial charge in [0.25, 0.3) is 0 Å². The van der Waals surface area contributed by atoms with Crippen molar-refractivity contribution in [1.82, 2.24) is 0 Å². The van der Waals surface area contributed by atoms with Crippen molar-refractivity contribution >= 4 is 22.6 Å². The maximum absolute atomic E-state index is 12.4. The number of amidine groups is 1.